The van der Waals surface area contributed by atoms with Crippen LogP contribution in [0.5, 0.6) is 0 Å². The molecule has 1 aliphatic rings. The normalized spacial score (nSPS) is 18.7. The number of allylic oxidation sites excluding steroid dienone is 3. The average Bonchev–Trinajstić information content (AvgIpc) is 3.43. The third-order valence-corrected chi connectivity index (χ3v) is 15.8. The topological polar surface area (TPSA) is 175 Å². The number of aliphatic hydroxyl groups excluding tert-OH is 5. The Balaban J connectivity index is 1.94. The maximum absolute atomic E-state index is 13.0. The molecule has 1 rings (SSSR count). The quantitative estimate of drug-likeness (QED) is 0.0195. The lowest BCUT2D eigenvalue weighted by Crippen LogP contribution is -2.60. The van der Waals surface area contributed by atoms with Crippen LogP contribution in [0.4, 0.5) is 0 Å². The number of hydrogen-bond acceptors (Lipinski definition) is 10. The van der Waals surface area contributed by atoms with E-state index >= 15 is 0 Å². The van der Waals surface area contributed by atoms with Crippen molar-refractivity contribution in [1.29, 1.82) is 0 Å². The molecule has 1 saturated heterocycles. The third-order valence-electron chi connectivity index (χ3n) is 15.8. The van der Waals surface area contributed by atoms with Gasteiger partial charge in [-0.15, -0.1) is 0 Å². The summed E-state index contributed by atoms with van der Waals surface area (Å²) in [5.74, 6) is -0.185. The Hall–Kier alpha value is -1.86. The molecule has 11 heteroatoms. The van der Waals surface area contributed by atoms with Crippen molar-refractivity contribution in [2.45, 2.75) is 365 Å². The van der Waals surface area contributed by atoms with Gasteiger partial charge in [0.15, 0.2) is 6.29 Å². The van der Waals surface area contributed by atoms with Crippen LogP contribution in [0.1, 0.15) is 322 Å². The van der Waals surface area contributed by atoms with Crippen LogP contribution in [0.25, 0.3) is 0 Å². The van der Waals surface area contributed by atoms with E-state index in [1.807, 2.05) is 6.08 Å². The first kappa shape index (κ1) is 73.2. The van der Waals surface area contributed by atoms with Crippen molar-refractivity contribution in [3.05, 3.63) is 24.3 Å². The van der Waals surface area contributed by atoms with E-state index in [0.29, 0.717) is 19.4 Å². The van der Waals surface area contributed by atoms with Crippen molar-refractivity contribution < 1.29 is 49.3 Å². The molecule has 0 aromatic heterocycles. The molecule has 6 N–H and O–H groups in total. The minimum atomic E-state index is -1.57. The maximum Gasteiger partial charge on any atom is 0.305 e. The molecule has 1 heterocycles. The van der Waals surface area contributed by atoms with Gasteiger partial charge in [0.2, 0.25) is 5.91 Å². The number of unbranched alkanes of at least 4 members (excludes halogenated alkanes) is 42. The highest BCUT2D eigenvalue weighted by molar-refractivity contribution is 5.76. The van der Waals surface area contributed by atoms with Crippen LogP contribution in [0, 0.1) is 0 Å². The fraction of sp³-hybridized carbons (Fsp3) is 0.909. The van der Waals surface area contributed by atoms with Gasteiger partial charge in [-0.05, 0) is 57.8 Å². The van der Waals surface area contributed by atoms with E-state index in [-0.39, 0.29) is 18.5 Å². The van der Waals surface area contributed by atoms with E-state index < -0.39 is 49.5 Å². The summed E-state index contributed by atoms with van der Waals surface area (Å²) in [5, 5.41) is 54.2. The number of nitrogens with one attached hydrogen (secondary N) is 1. The molecule has 0 bridgehead atoms. The standard InChI is InChI=1S/C66H125NO10/c1-3-5-7-9-11-13-14-15-16-17-25-28-31-34-38-42-46-50-54-62(71)75-55-51-47-43-39-35-32-29-26-23-21-19-18-20-22-24-27-30-33-37-41-45-49-53-61(70)67-58(59(69)52-48-44-40-36-12-10-8-6-4-2)57-76-66-65(74)64(73)63(72)60(56-68)77-66/h16-17,48,52,58-60,63-66,68-69,72-74H,3-15,18-47,49-51,53-57H2,1-2H3,(H,67,70)/b17-16-,52-48+. The van der Waals surface area contributed by atoms with Gasteiger partial charge in [0.1, 0.15) is 24.4 Å². The predicted molar refractivity (Wildman–Crippen MR) is 320 cm³/mol. The van der Waals surface area contributed by atoms with Crippen LogP contribution >= 0.6 is 0 Å². The molecule has 77 heavy (non-hydrogen) atoms. The van der Waals surface area contributed by atoms with E-state index in [4.69, 9.17) is 14.2 Å². The number of carbonyl (C=O) groups is 2. The van der Waals surface area contributed by atoms with E-state index in [9.17, 15) is 35.1 Å². The number of hydrogen-bond donors (Lipinski definition) is 6. The summed E-state index contributed by atoms with van der Waals surface area (Å²) in [6.45, 7) is 4.33. The van der Waals surface area contributed by atoms with Gasteiger partial charge in [-0.25, -0.2) is 0 Å². The van der Waals surface area contributed by atoms with E-state index in [1.54, 1.807) is 6.08 Å². The largest absolute Gasteiger partial charge is 0.466 e. The summed E-state index contributed by atoms with van der Waals surface area (Å²) < 4.78 is 16.7. The summed E-state index contributed by atoms with van der Waals surface area (Å²) >= 11 is 0. The second-order valence-electron chi connectivity index (χ2n) is 23.2. The average molecular weight is 1090 g/mol. The Morgan fingerprint density at radius 3 is 1.25 bits per heavy atom. The molecule has 0 aliphatic carbocycles. The lowest BCUT2D eigenvalue weighted by molar-refractivity contribution is -0.302. The number of amides is 1. The van der Waals surface area contributed by atoms with Crippen molar-refractivity contribution in [2.75, 3.05) is 19.8 Å². The first-order valence-electron chi connectivity index (χ1n) is 33.1. The van der Waals surface area contributed by atoms with Gasteiger partial charge in [0.25, 0.3) is 0 Å². The van der Waals surface area contributed by atoms with Crippen LogP contribution in [0.15, 0.2) is 24.3 Å². The molecule has 0 aromatic carbocycles. The first-order chi connectivity index (χ1) is 37.7. The summed E-state index contributed by atoms with van der Waals surface area (Å²) in [5.41, 5.74) is 0. The van der Waals surface area contributed by atoms with Gasteiger partial charge in [-0.2, -0.15) is 0 Å². The molecule has 1 fully saturated rings. The zero-order valence-electron chi connectivity index (χ0n) is 50.2. The SMILES string of the molecule is CCCCCCCCC/C=C\CCCCCCCCCC(=O)OCCCCCCCCCCCCCCCCCCCCCCCCC(=O)NC(COC1OC(CO)C(O)C(O)C1O)C(O)/C=C/CCCCCCCCC. The van der Waals surface area contributed by atoms with Crippen molar-refractivity contribution >= 4 is 11.9 Å². The molecule has 0 radical (unpaired) electrons. The summed E-state index contributed by atoms with van der Waals surface area (Å²) in [4.78, 5) is 25.1. The predicted octanol–water partition coefficient (Wildman–Crippen LogP) is 16.1. The van der Waals surface area contributed by atoms with Gasteiger partial charge >= 0.3 is 5.97 Å². The zero-order chi connectivity index (χ0) is 55.9. The number of ether oxygens (including phenoxy) is 3. The first-order valence-corrected chi connectivity index (χ1v) is 33.1. The molecular formula is C66H125NO10. The number of carbonyl (C=O) groups excluding carboxylic acids is 2. The van der Waals surface area contributed by atoms with Crippen molar-refractivity contribution in [1.82, 2.24) is 5.32 Å². The highest BCUT2D eigenvalue weighted by Crippen LogP contribution is 2.23. The van der Waals surface area contributed by atoms with E-state index in [2.05, 4.69) is 31.3 Å². The van der Waals surface area contributed by atoms with Gasteiger partial charge in [0.05, 0.1) is 32.0 Å². The van der Waals surface area contributed by atoms with Gasteiger partial charge in [-0.3, -0.25) is 9.59 Å². The Morgan fingerprint density at radius 1 is 0.468 bits per heavy atom. The summed E-state index contributed by atoms with van der Waals surface area (Å²) in [7, 11) is 0. The van der Waals surface area contributed by atoms with E-state index in [0.717, 1.165) is 57.8 Å². The zero-order valence-corrected chi connectivity index (χ0v) is 50.2. The molecule has 0 spiro atoms. The monoisotopic (exact) mass is 1090 g/mol. The molecule has 7 atom stereocenters. The van der Waals surface area contributed by atoms with Gasteiger partial charge in [-0.1, -0.05) is 276 Å². The number of esters is 1. The minimum absolute atomic E-state index is 0.00169. The van der Waals surface area contributed by atoms with Crippen LogP contribution in [0.2, 0.25) is 0 Å². The smallest absolute Gasteiger partial charge is 0.305 e. The minimum Gasteiger partial charge on any atom is -0.466 e. The fourth-order valence-electron chi connectivity index (χ4n) is 10.5. The lowest BCUT2D eigenvalue weighted by atomic mass is 9.99. The van der Waals surface area contributed by atoms with Crippen LogP contribution in [-0.2, 0) is 23.8 Å². The molecule has 11 nitrogen and oxygen atoms in total. The summed E-state index contributed by atoms with van der Waals surface area (Å²) in [6.07, 6.45) is 58.7. The van der Waals surface area contributed by atoms with Gasteiger partial charge < -0.3 is 45.1 Å². The number of rotatable bonds is 58. The Bertz CT molecular complexity index is 1330. The Morgan fingerprint density at radius 2 is 0.831 bits per heavy atom. The van der Waals surface area contributed by atoms with Crippen LogP contribution in [0.3, 0.4) is 0 Å². The molecule has 0 saturated carbocycles. The number of aliphatic hydroxyl groups is 5. The summed E-state index contributed by atoms with van der Waals surface area (Å²) in [6, 6.07) is -0.808. The third kappa shape index (κ3) is 45.4. The second-order valence-corrected chi connectivity index (χ2v) is 23.2. The molecular weight excluding hydrogens is 967 g/mol. The maximum atomic E-state index is 13.0. The van der Waals surface area contributed by atoms with Crippen molar-refractivity contribution in [3.8, 4) is 0 Å². The molecule has 454 valence electrons. The fourth-order valence-corrected chi connectivity index (χ4v) is 10.5. The molecule has 1 amide bonds. The van der Waals surface area contributed by atoms with Crippen LogP contribution < -0.4 is 5.32 Å². The Labute approximate surface area is 473 Å². The molecule has 1 aliphatic heterocycles. The van der Waals surface area contributed by atoms with Crippen molar-refractivity contribution in [3.63, 3.8) is 0 Å². The molecule has 7 unspecified atom stereocenters. The highest BCUT2D eigenvalue weighted by Gasteiger charge is 2.44. The van der Waals surface area contributed by atoms with Gasteiger partial charge in [0, 0.05) is 12.8 Å². The van der Waals surface area contributed by atoms with Crippen LogP contribution in [-0.4, -0.2) is 100 Å². The highest BCUT2D eigenvalue weighted by atomic mass is 16.7. The van der Waals surface area contributed by atoms with Crippen molar-refractivity contribution in [2.24, 2.45) is 0 Å². The molecule has 0 aromatic rings. The van der Waals surface area contributed by atoms with E-state index in [1.165, 1.54) is 238 Å². The second kappa shape index (κ2) is 56.0. The lowest BCUT2D eigenvalue weighted by Gasteiger charge is -2.40. The Kier molecular flexibility index (Phi) is 53.2.